The van der Waals surface area contributed by atoms with E-state index in [1.54, 1.807) is 20.2 Å². The van der Waals surface area contributed by atoms with Crippen molar-refractivity contribution in [1.82, 2.24) is 9.88 Å². The number of ether oxygens (including phenoxy) is 1. The Labute approximate surface area is 166 Å². The highest BCUT2D eigenvalue weighted by Gasteiger charge is 2.54. The van der Waals surface area contributed by atoms with Crippen molar-refractivity contribution in [2.45, 2.75) is 37.8 Å². The lowest BCUT2D eigenvalue weighted by Gasteiger charge is -2.51. The number of hydrogen-bond acceptors (Lipinski definition) is 5. The second-order valence-electron chi connectivity index (χ2n) is 8.32. The number of aromatic nitrogens is 1. The Morgan fingerprint density at radius 2 is 1.89 bits per heavy atom. The standard InChI is InChI=1S/C23H27N3O2/c1-15(27)17-7-8-21(24-13-17)26-14-19(18-5-3-4-6-20(18)28-2)23-22(26)16-9-11-25(23)12-10-16/h3-8,13,16,19,22-23H,9-12,14H2,1-2H3/t19-,22+,23+/m0/s1. The van der Waals surface area contributed by atoms with Gasteiger partial charge in [-0.2, -0.15) is 0 Å². The zero-order chi connectivity index (χ0) is 19.3. The summed E-state index contributed by atoms with van der Waals surface area (Å²) in [6.07, 6.45) is 4.26. The molecule has 3 atom stereocenters. The van der Waals surface area contributed by atoms with Gasteiger partial charge in [0.25, 0.3) is 0 Å². The van der Waals surface area contributed by atoms with E-state index < -0.39 is 0 Å². The molecule has 4 aliphatic rings. The molecule has 1 aromatic carbocycles. The molecule has 5 nitrogen and oxygen atoms in total. The zero-order valence-electron chi connectivity index (χ0n) is 16.5. The molecule has 4 aliphatic heterocycles. The first kappa shape index (κ1) is 17.7. The van der Waals surface area contributed by atoms with Crippen LogP contribution in [0.2, 0.25) is 0 Å². The fourth-order valence-electron chi connectivity index (χ4n) is 5.69. The monoisotopic (exact) mass is 377 g/mol. The van der Waals surface area contributed by atoms with Crippen LogP contribution in [0.5, 0.6) is 5.75 Å². The minimum Gasteiger partial charge on any atom is -0.496 e. The van der Waals surface area contributed by atoms with E-state index in [-0.39, 0.29) is 5.78 Å². The summed E-state index contributed by atoms with van der Waals surface area (Å²) < 4.78 is 5.71. The Hall–Kier alpha value is -2.40. The molecule has 4 fully saturated rings. The first-order valence-corrected chi connectivity index (χ1v) is 10.3. The van der Waals surface area contributed by atoms with Crippen LogP contribution in [0.1, 0.15) is 41.6 Å². The first-order chi connectivity index (χ1) is 13.7. The molecular weight excluding hydrogens is 350 g/mol. The molecule has 0 unspecified atom stereocenters. The van der Waals surface area contributed by atoms with Crippen molar-refractivity contribution in [3.05, 3.63) is 53.7 Å². The number of anilines is 1. The van der Waals surface area contributed by atoms with Crippen molar-refractivity contribution in [2.24, 2.45) is 5.92 Å². The fraction of sp³-hybridized carbons (Fsp3) is 0.478. The largest absolute Gasteiger partial charge is 0.496 e. The van der Waals surface area contributed by atoms with E-state index in [9.17, 15) is 4.79 Å². The van der Waals surface area contributed by atoms with Gasteiger partial charge in [-0.3, -0.25) is 9.69 Å². The maximum Gasteiger partial charge on any atom is 0.161 e. The molecule has 0 N–H and O–H groups in total. The average Bonchev–Trinajstić information content (AvgIpc) is 3.17. The Kier molecular flexibility index (Phi) is 4.35. The van der Waals surface area contributed by atoms with Gasteiger partial charge in [0.2, 0.25) is 0 Å². The Bertz CT molecular complexity index is 874. The second-order valence-corrected chi connectivity index (χ2v) is 8.32. The number of carbonyl (C=O) groups is 1. The molecule has 0 amide bonds. The maximum atomic E-state index is 11.6. The van der Waals surface area contributed by atoms with Crippen LogP contribution in [-0.2, 0) is 0 Å². The summed E-state index contributed by atoms with van der Waals surface area (Å²) in [6, 6.07) is 13.4. The fourth-order valence-corrected chi connectivity index (χ4v) is 5.69. The average molecular weight is 377 g/mol. The van der Waals surface area contributed by atoms with Crippen molar-refractivity contribution in [3.63, 3.8) is 0 Å². The lowest BCUT2D eigenvalue weighted by atomic mass is 9.75. The van der Waals surface area contributed by atoms with Crippen LogP contribution in [0.3, 0.4) is 0 Å². The van der Waals surface area contributed by atoms with Gasteiger partial charge in [-0.05, 0) is 57.0 Å². The summed E-state index contributed by atoms with van der Waals surface area (Å²) in [5.41, 5.74) is 1.98. The second kappa shape index (κ2) is 6.89. The minimum absolute atomic E-state index is 0.0630. The number of para-hydroxylation sites is 1. The van der Waals surface area contributed by atoms with E-state index in [1.165, 1.54) is 31.5 Å². The number of pyridine rings is 1. The van der Waals surface area contributed by atoms with E-state index in [0.717, 1.165) is 18.1 Å². The molecule has 2 aromatic rings. The van der Waals surface area contributed by atoms with E-state index >= 15 is 0 Å². The third kappa shape index (κ3) is 2.72. The van der Waals surface area contributed by atoms with Crippen LogP contribution >= 0.6 is 0 Å². The van der Waals surface area contributed by atoms with Crippen molar-refractivity contribution in [3.8, 4) is 5.75 Å². The number of piperidine rings is 3. The lowest BCUT2D eigenvalue weighted by molar-refractivity contribution is 0.0352. The number of hydrogen-bond donors (Lipinski definition) is 0. The molecule has 28 heavy (non-hydrogen) atoms. The summed E-state index contributed by atoms with van der Waals surface area (Å²) in [7, 11) is 1.76. The molecule has 146 valence electrons. The third-order valence-corrected chi connectivity index (χ3v) is 6.98. The molecule has 0 spiro atoms. The highest BCUT2D eigenvalue weighted by molar-refractivity contribution is 5.93. The summed E-state index contributed by atoms with van der Waals surface area (Å²) in [4.78, 5) is 21.5. The van der Waals surface area contributed by atoms with E-state index in [2.05, 4.69) is 33.0 Å². The number of benzene rings is 1. The molecule has 1 aromatic heterocycles. The number of carbonyl (C=O) groups excluding carboxylic acids is 1. The molecular formula is C23H27N3O2. The molecule has 5 heterocycles. The van der Waals surface area contributed by atoms with Crippen LogP contribution in [0.4, 0.5) is 5.82 Å². The van der Waals surface area contributed by atoms with Gasteiger partial charge in [0.15, 0.2) is 5.78 Å². The molecule has 6 rings (SSSR count). The number of methoxy groups -OCH3 is 1. The van der Waals surface area contributed by atoms with Crippen molar-refractivity contribution in [2.75, 3.05) is 31.6 Å². The first-order valence-electron chi connectivity index (χ1n) is 10.3. The Morgan fingerprint density at radius 3 is 2.57 bits per heavy atom. The van der Waals surface area contributed by atoms with Crippen molar-refractivity contribution < 1.29 is 9.53 Å². The van der Waals surface area contributed by atoms with Gasteiger partial charge in [0, 0.05) is 41.9 Å². The van der Waals surface area contributed by atoms with E-state index in [1.807, 2.05) is 18.2 Å². The molecule has 0 aliphatic carbocycles. The molecule has 4 saturated heterocycles. The van der Waals surface area contributed by atoms with Gasteiger partial charge in [-0.25, -0.2) is 4.98 Å². The van der Waals surface area contributed by atoms with Gasteiger partial charge in [-0.15, -0.1) is 0 Å². The number of ketones is 1. The third-order valence-electron chi connectivity index (χ3n) is 6.98. The number of Topliss-reactive ketones (excluding diaryl/α,β-unsaturated/α-hetero) is 1. The van der Waals surface area contributed by atoms with Crippen LogP contribution in [0, 0.1) is 5.92 Å². The molecule has 5 heteroatoms. The summed E-state index contributed by atoms with van der Waals surface area (Å²) in [5.74, 6) is 3.15. The normalized spacial score (nSPS) is 30.9. The quantitative estimate of drug-likeness (QED) is 0.765. The van der Waals surface area contributed by atoms with Crippen LogP contribution < -0.4 is 9.64 Å². The van der Waals surface area contributed by atoms with Crippen LogP contribution in [0.25, 0.3) is 0 Å². The summed E-state index contributed by atoms with van der Waals surface area (Å²) in [6.45, 7) is 4.92. The Morgan fingerprint density at radius 1 is 1.11 bits per heavy atom. The number of nitrogens with zero attached hydrogens (tertiary/aromatic N) is 3. The van der Waals surface area contributed by atoms with Gasteiger partial charge < -0.3 is 9.64 Å². The van der Waals surface area contributed by atoms with E-state index in [4.69, 9.17) is 4.74 Å². The molecule has 2 bridgehead atoms. The highest BCUT2D eigenvalue weighted by atomic mass is 16.5. The van der Waals surface area contributed by atoms with Gasteiger partial charge in [0.05, 0.1) is 7.11 Å². The molecule has 0 radical (unpaired) electrons. The van der Waals surface area contributed by atoms with E-state index in [0.29, 0.717) is 29.5 Å². The zero-order valence-corrected chi connectivity index (χ0v) is 16.5. The highest BCUT2D eigenvalue weighted by Crippen LogP contribution is 2.49. The predicted octanol–water partition coefficient (Wildman–Crippen LogP) is 3.36. The maximum absolute atomic E-state index is 11.6. The smallest absolute Gasteiger partial charge is 0.161 e. The van der Waals surface area contributed by atoms with Gasteiger partial charge in [0.1, 0.15) is 11.6 Å². The number of rotatable bonds is 4. The Balaban J connectivity index is 1.55. The number of fused-ring (bicyclic) bond motifs is 2. The summed E-state index contributed by atoms with van der Waals surface area (Å²) in [5, 5.41) is 0. The van der Waals surface area contributed by atoms with Crippen LogP contribution in [-0.4, -0.2) is 54.5 Å². The van der Waals surface area contributed by atoms with Crippen LogP contribution in [0.15, 0.2) is 42.6 Å². The summed E-state index contributed by atoms with van der Waals surface area (Å²) >= 11 is 0. The van der Waals surface area contributed by atoms with Crippen molar-refractivity contribution in [1.29, 1.82) is 0 Å². The lowest BCUT2D eigenvalue weighted by Crippen LogP contribution is -2.60. The molecule has 0 saturated carbocycles. The topological polar surface area (TPSA) is 45.7 Å². The van der Waals surface area contributed by atoms with Gasteiger partial charge in [-0.1, -0.05) is 18.2 Å². The van der Waals surface area contributed by atoms with Gasteiger partial charge >= 0.3 is 0 Å². The van der Waals surface area contributed by atoms with Crippen molar-refractivity contribution >= 4 is 11.6 Å². The predicted molar refractivity (Wildman–Crippen MR) is 109 cm³/mol. The SMILES string of the molecule is COc1ccccc1[C@@H]1CN(c2ccc(C(C)=O)cn2)[C@@H]2C3CCN(CC3)[C@@H]21. The minimum atomic E-state index is 0.0630.